The maximum absolute atomic E-state index is 12.3. The molecule has 0 aliphatic carbocycles. The third-order valence-electron chi connectivity index (χ3n) is 1.19. The predicted octanol–water partition coefficient (Wildman–Crippen LogP) is 1.89. The summed E-state index contributed by atoms with van der Waals surface area (Å²) in [4.78, 5) is 0. The van der Waals surface area contributed by atoms with Gasteiger partial charge in [-0.1, -0.05) is 16.6 Å². The zero-order valence-corrected chi connectivity index (χ0v) is 5.05. The average molecular weight is 149 g/mol. The number of hydrogen-bond donors (Lipinski definition) is 0. The van der Waals surface area contributed by atoms with Gasteiger partial charge in [0.2, 0.25) is 0 Å². The third kappa shape index (κ3) is 1.32. The van der Waals surface area contributed by atoms with Crippen LogP contribution < -0.4 is 0 Å². The summed E-state index contributed by atoms with van der Waals surface area (Å²) in [5, 5.41) is -0.00926. The number of rotatable bonds is 1. The predicted molar refractivity (Wildman–Crippen MR) is 31.0 cm³/mol. The second kappa shape index (κ2) is 2.77. The van der Waals surface area contributed by atoms with Crippen molar-refractivity contribution in [1.29, 1.82) is 0 Å². The fraction of sp³-hybridized carbons (Fsp3) is 0.333. The first-order chi connectivity index (χ1) is 4.72. The van der Waals surface area contributed by atoms with Crippen molar-refractivity contribution in [2.75, 3.05) is 0 Å². The van der Waals surface area contributed by atoms with Crippen LogP contribution in [0.3, 0.4) is 0 Å². The van der Waals surface area contributed by atoms with Crippen molar-refractivity contribution in [3.8, 4) is 0 Å². The molecule has 1 aliphatic rings. The zero-order chi connectivity index (χ0) is 7.56. The molecule has 1 atom stereocenters. The number of alkyl halides is 2. The molecule has 0 bridgehead atoms. The van der Waals surface area contributed by atoms with E-state index in [1.165, 1.54) is 12.2 Å². The van der Waals surface area contributed by atoms with Crippen molar-refractivity contribution < 1.29 is 13.3 Å². The highest BCUT2D eigenvalue weighted by molar-refractivity contribution is 5.12. The molecule has 0 N–H and O–H groups in total. The minimum absolute atomic E-state index is 0.00926. The highest BCUT2D eigenvalue weighted by Crippen LogP contribution is 2.15. The summed E-state index contributed by atoms with van der Waals surface area (Å²) in [6.45, 7) is 0. The van der Waals surface area contributed by atoms with Crippen LogP contribution in [0, 0.1) is 0 Å². The second-order valence-electron chi connectivity index (χ2n) is 1.90. The molecule has 0 saturated heterocycles. The van der Waals surface area contributed by atoms with E-state index in [-0.39, 0.29) is 5.12 Å². The molecular weight excluding hydrogens is 143 g/mol. The molecular formula is C6H6F3N. The van der Waals surface area contributed by atoms with Gasteiger partial charge in [-0.25, -0.2) is 13.9 Å². The van der Waals surface area contributed by atoms with Gasteiger partial charge in [0.1, 0.15) is 6.04 Å². The van der Waals surface area contributed by atoms with Crippen molar-refractivity contribution >= 4 is 0 Å². The lowest BCUT2D eigenvalue weighted by Crippen LogP contribution is -2.30. The molecule has 0 aromatic heterocycles. The molecule has 1 rings (SSSR count). The summed E-state index contributed by atoms with van der Waals surface area (Å²) in [5.74, 6) is 0. The van der Waals surface area contributed by atoms with Crippen molar-refractivity contribution in [1.82, 2.24) is 5.12 Å². The topological polar surface area (TPSA) is 3.24 Å². The van der Waals surface area contributed by atoms with Crippen LogP contribution in [-0.2, 0) is 0 Å². The van der Waals surface area contributed by atoms with Crippen LogP contribution >= 0.6 is 0 Å². The van der Waals surface area contributed by atoms with Crippen molar-refractivity contribution in [2.24, 2.45) is 0 Å². The van der Waals surface area contributed by atoms with Crippen molar-refractivity contribution in [3.63, 3.8) is 0 Å². The number of halogens is 3. The molecule has 0 saturated carbocycles. The SMILES string of the molecule is FC(F)C1C=CC=CN1F. The Morgan fingerprint density at radius 1 is 1.30 bits per heavy atom. The van der Waals surface area contributed by atoms with Gasteiger partial charge < -0.3 is 0 Å². The normalized spacial score (nSPS) is 24.4. The summed E-state index contributed by atoms with van der Waals surface area (Å²) in [5.41, 5.74) is 0. The largest absolute Gasteiger partial charge is 0.264 e. The third-order valence-corrected chi connectivity index (χ3v) is 1.19. The molecule has 0 aromatic carbocycles. The van der Waals surface area contributed by atoms with Gasteiger partial charge in [-0.3, -0.25) is 0 Å². The van der Waals surface area contributed by atoms with Gasteiger partial charge in [0.25, 0.3) is 6.43 Å². The van der Waals surface area contributed by atoms with Gasteiger partial charge in [0, 0.05) is 6.20 Å². The van der Waals surface area contributed by atoms with E-state index >= 15 is 0 Å². The lowest BCUT2D eigenvalue weighted by Gasteiger charge is -2.19. The molecule has 0 fully saturated rings. The number of nitrogens with zero attached hydrogens (tertiary/aromatic N) is 1. The van der Waals surface area contributed by atoms with E-state index in [9.17, 15) is 13.3 Å². The van der Waals surface area contributed by atoms with E-state index in [2.05, 4.69) is 0 Å². The molecule has 0 aromatic rings. The minimum Gasteiger partial charge on any atom is -0.208 e. The molecule has 0 amide bonds. The van der Waals surface area contributed by atoms with Gasteiger partial charge in [-0.05, 0) is 6.08 Å². The Morgan fingerprint density at radius 2 is 2.00 bits per heavy atom. The van der Waals surface area contributed by atoms with E-state index in [1.54, 1.807) is 0 Å². The van der Waals surface area contributed by atoms with Crippen LogP contribution in [0.5, 0.6) is 0 Å². The zero-order valence-electron chi connectivity index (χ0n) is 5.05. The highest BCUT2D eigenvalue weighted by atomic mass is 19.3. The van der Waals surface area contributed by atoms with Crippen LogP contribution in [0.2, 0.25) is 0 Å². The molecule has 4 heteroatoms. The van der Waals surface area contributed by atoms with Crippen LogP contribution in [-0.4, -0.2) is 17.6 Å². The van der Waals surface area contributed by atoms with Crippen LogP contribution in [0.4, 0.5) is 13.3 Å². The Labute approximate surface area is 56.4 Å². The average Bonchev–Trinajstić information content (AvgIpc) is 1.88. The molecule has 1 heterocycles. The van der Waals surface area contributed by atoms with E-state index in [0.717, 1.165) is 12.3 Å². The van der Waals surface area contributed by atoms with Gasteiger partial charge in [-0.15, -0.1) is 0 Å². The monoisotopic (exact) mass is 149 g/mol. The summed E-state index contributed by atoms with van der Waals surface area (Å²) in [7, 11) is 0. The van der Waals surface area contributed by atoms with E-state index in [0.29, 0.717) is 0 Å². The first-order valence-corrected chi connectivity index (χ1v) is 2.79. The highest BCUT2D eigenvalue weighted by Gasteiger charge is 2.23. The Bertz CT molecular complexity index is 164. The van der Waals surface area contributed by atoms with Gasteiger partial charge in [0.05, 0.1) is 0 Å². The van der Waals surface area contributed by atoms with E-state index in [1.807, 2.05) is 0 Å². The fourth-order valence-electron chi connectivity index (χ4n) is 0.683. The fourth-order valence-corrected chi connectivity index (χ4v) is 0.683. The van der Waals surface area contributed by atoms with E-state index < -0.39 is 12.5 Å². The Hall–Kier alpha value is -0.930. The smallest absolute Gasteiger partial charge is 0.208 e. The summed E-state index contributed by atoms with van der Waals surface area (Å²) >= 11 is 0. The summed E-state index contributed by atoms with van der Waals surface area (Å²) in [6, 6.07) is -1.41. The van der Waals surface area contributed by atoms with Crippen LogP contribution in [0.15, 0.2) is 24.4 Å². The Balaban J connectivity index is 2.61. The molecule has 1 aliphatic heterocycles. The summed E-state index contributed by atoms with van der Waals surface area (Å²) in [6.07, 6.45) is 2.17. The maximum Gasteiger partial charge on any atom is 0.264 e. The minimum atomic E-state index is -2.67. The summed E-state index contributed by atoms with van der Waals surface area (Å²) < 4.78 is 35.9. The molecule has 10 heavy (non-hydrogen) atoms. The van der Waals surface area contributed by atoms with Crippen molar-refractivity contribution in [3.05, 3.63) is 24.4 Å². The maximum atomic E-state index is 12.3. The number of allylic oxidation sites excluding steroid dienone is 2. The molecule has 0 spiro atoms. The quantitative estimate of drug-likeness (QED) is 0.514. The van der Waals surface area contributed by atoms with Gasteiger partial charge >= 0.3 is 0 Å². The van der Waals surface area contributed by atoms with Gasteiger partial charge in [-0.2, -0.15) is 0 Å². The number of hydrogen-bond acceptors (Lipinski definition) is 1. The van der Waals surface area contributed by atoms with E-state index in [4.69, 9.17) is 0 Å². The van der Waals surface area contributed by atoms with Gasteiger partial charge in [0.15, 0.2) is 0 Å². The van der Waals surface area contributed by atoms with Crippen LogP contribution in [0.25, 0.3) is 0 Å². The lowest BCUT2D eigenvalue weighted by molar-refractivity contribution is -0.0261. The Kier molecular flexibility index (Phi) is 1.99. The first-order valence-electron chi connectivity index (χ1n) is 2.79. The lowest BCUT2D eigenvalue weighted by atomic mass is 10.2. The van der Waals surface area contributed by atoms with Crippen molar-refractivity contribution in [2.45, 2.75) is 12.5 Å². The standard InChI is InChI=1S/C6H6F3N/c7-6(8)5-3-1-2-4-10(5)9/h1-6H. The Morgan fingerprint density at radius 3 is 2.40 bits per heavy atom. The molecule has 1 nitrogen and oxygen atoms in total. The molecule has 56 valence electrons. The molecule has 0 radical (unpaired) electrons. The molecule has 1 unspecified atom stereocenters. The second-order valence-corrected chi connectivity index (χ2v) is 1.90. The first kappa shape index (κ1) is 7.18. The van der Waals surface area contributed by atoms with Crippen LogP contribution in [0.1, 0.15) is 0 Å².